The van der Waals surface area contributed by atoms with Gasteiger partial charge in [0.2, 0.25) is 5.91 Å². The summed E-state index contributed by atoms with van der Waals surface area (Å²) in [6, 6.07) is 0.769. The fourth-order valence-corrected chi connectivity index (χ4v) is 4.87. The number of nitrogens with one attached hydrogen (secondary N) is 1. The maximum absolute atomic E-state index is 12.8. The molecule has 0 spiro atoms. The van der Waals surface area contributed by atoms with Crippen LogP contribution in [0.2, 0.25) is 0 Å². The van der Waals surface area contributed by atoms with Gasteiger partial charge in [-0.05, 0) is 69.2 Å². The second kappa shape index (κ2) is 5.54. The second-order valence-electron chi connectivity index (χ2n) is 7.89. The van der Waals surface area contributed by atoms with Gasteiger partial charge in [-0.15, -0.1) is 0 Å². The Morgan fingerprint density at radius 1 is 1.05 bits per heavy atom. The number of piperidine rings is 1. The Hall–Kier alpha value is -0.610. The maximum Gasteiger partial charge on any atom is 0.227 e. The van der Waals surface area contributed by atoms with E-state index in [0.29, 0.717) is 23.8 Å². The van der Waals surface area contributed by atoms with Gasteiger partial charge in [-0.3, -0.25) is 4.79 Å². The highest BCUT2D eigenvalue weighted by Gasteiger charge is 2.50. The molecule has 1 heterocycles. The van der Waals surface area contributed by atoms with Crippen molar-refractivity contribution in [3.8, 4) is 0 Å². The lowest BCUT2D eigenvalue weighted by atomic mass is 9.83. The Morgan fingerprint density at radius 2 is 1.76 bits per heavy atom. The number of nitrogens with two attached hydrogens (primary N) is 1. The molecule has 4 heteroatoms. The summed E-state index contributed by atoms with van der Waals surface area (Å²) in [6.45, 7) is 3.05. The van der Waals surface area contributed by atoms with Gasteiger partial charge in [0.25, 0.3) is 0 Å². The zero-order valence-corrected chi connectivity index (χ0v) is 13.0. The van der Waals surface area contributed by atoms with Crippen LogP contribution in [0, 0.1) is 23.7 Å². The normalized spacial score (nSPS) is 40.0. The molecule has 4 aliphatic rings. The standard InChI is InChI=1S/C17H29N3O/c18-16-13-4-3-12(9-13)15(16)17(21)20-7-5-14(6-8-20)19-10-11-1-2-11/h11-16,19H,1-10,18H2. The fourth-order valence-electron chi connectivity index (χ4n) is 4.87. The number of fused-ring (bicyclic) bond motifs is 2. The lowest BCUT2D eigenvalue weighted by Crippen LogP contribution is -2.51. The zero-order valence-electron chi connectivity index (χ0n) is 13.0. The van der Waals surface area contributed by atoms with Crippen molar-refractivity contribution < 1.29 is 4.79 Å². The first-order valence-corrected chi connectivity index (χ1v) is 9.00. The molecule has 3 N–H and O–H groups in total. The van der Waals surface area contributed by atoms with E-state index in [1.807, 2.05) is 0 Å². The molecule has 118 valence electrons. The average molecular weight is 291 g/mol. The van der Waals surface area contributed by atoms with E-state index in [1.165, 1.54) is 38.6 Å². The van der Waals surface area contributed by atoms with Gasteiger partial charge >= 0.3 is 0 Å². The molecule has 4 unspecified atom stereocenters. The first-order valence-electron chi connectivity index (χ1n) is 9.00. The molecule has 3 aliphatic carbocycles. The molecule has 0 aromatic heterocycles. The third-order valence-electron chi connectivity index (χ3n) is 6.46. The van der Waals surface area contributed by atoms with Gasteiger partial charge in [0.15, 0.2) is 0 Å². The van der Waals surface area contributed by atoms with Crippen molar-refractivity contribution in [2.24, 2.45) is 29.4 Å². The summed E-state index contributed by atoms with van der Waals surface area (Å²) in [5.74, 6) is 2.66. The molecule has 1 amide bonds. The SMILES string of the molecule is NC1C2CCC(C2)C1C(=O)N1CCC(NCC2CC2)CC1. The summed E-state index contributed by atoms with van der Waals surface area (Å²) in [5.41, 5.74) is 6.33. The minimum atomic E-state index is 0.139. The van der Waals surface area contributed by atoms with E-state index in [-0.39, 0.29) is 12.0 Å². The highest BCUT2D eigenvalue weighted by Crippen LogP contribution is 2.48. The Morgan fingerprint density at radius 3 is 2.38 bits per heavy atom. The molecule has 2 bridgehead atoms. The molecule has 4 nitrogen and oxygen atoms in total. The second-order valence-corrected chi connectivity index (χ2v) is 7.89. The Balaban J connectivity index is 1.28. The van der Waals surface area contributed by atoms with Crippen LogP contribution in [0.1, 0.15) is 44.9 Å². The molecule has 3 saturated carbocycles. The van der Waals surface area contributed by atoms with Crippen LogP contribution in [0.3, 0.4) is 0 Å². The monoisotopic (exact) mass is 291 g/mol. The number of carbonyl (C=O) groups is 1. The Bertz CT molecular complexity index is 399. The van der Waals surface area contributed by atoms with Gasteiger partial charge in [-0.1, -0.05) is 0 Å². The largest absolute Gasteiger partial charge is 0.342 e. The minimum absolute atomic E-state index is 0.139. The van der Waals surface area contributed by atoms with Crippen LogP contribution in [0.15, 0.2) is 0 Å². The topological polar surface area (TPSA) is 58.4 Å². The molecule has 1 aliphatic heterocycles. The van der Waals surface area contributed by atoms with E-state index in [0.717, 1.165) is 31.8 Å². The minimum Gasteiger partial charge on any atom is -0.342 e. The predicted octanol–water partition coefficient (Wildman–Crippen LogP) is 1.35. The molecule has 4 fully saturated rings. The van der Waals surface area contributed by atoms with E-state index in [2.05, 4.69) is 10.2 Å². The summed E-state index contributed by atoms with van der Waals surface area (Å²) in [4.78, 5) is 14.9. The fraction of sp³-hybridized carbons (Fsp3) is 0.941. The summed E-state index contributed by atoms with van der Waals surface area (Å²) in [5, 5.41) is 3.69. The van der Waals surface area contributed by atoms with Crippen molar-refractivity contribution in [2.45, 2.75) is 57.0 Å². The highest BCUT2D eigenvalue weighted by atomic mass is 16.2. The lowest BCUT2D eigenvalue weighted by Gasteiger charge is -2.37. The van der Waals surface area contributed by atoms with E-state index in [1.54, 1.807) is 0 Å². The van der Waals surface area contributed by atoms with Gasteiger partial charge in [0.05, 0.1) is 5.92 Å². The van der Waals surface area contributed by atoms with Crippen molar-refractivity contribution in [3.63, 3.8) is 0 Å². The van der Waals surface area contributed by atoms with Gasteiger partial charge in [0.1, 0.15) is 0 Å². The molecule has 0 radical (unpaired) electrons. The molecular formula is C17H29N3O. The van der Waals surface area contributed by atoms with Crippen LogP contribution in [0.5, 0.6) is 0 Å². The van der Waals surface area contributed by atoms with E-state index < -0.39 is 0 Å². The van der Waals surface area contributed by atoms with Crippen LogP contribution >= 0.6 is 0 Å². The summed E-state index contributed by atoms with van der Waals surface area (Å²) < 4.78 is 0. The van der Waals surface area contributed by atoms with Crippen LogP contribution < -0.4 is 11.1 Å². The van der Waals surface area contributed by atoms with Crippen molar-refractivity contribution in [3.05, 3.63) is 0 Å². The number of hydrogen-bond donors (Lipinski definition) is 2. The average Bonchev–Trinajstić information content (AvgIpc) is 3.13. The molecule has 1 saturated heterocycles. The quantitative estimate of drug-likeness (QED) is 0.822. The first kappa shape index (κ1) is 14.0. The van der Waals surface area contributed by atoms with Crippen LogP contribution in [0.25, 0.3) is 0 Å². The van der Waals surface area contributed by atoms with Crippen LogP contribution in [0.4, 0.5) is 0 Å². The van der Waals surface area contributed by atoms with Crippen molar-refractivity contribution >= 4 is 5.91 Å². The number of likely N-dealkylation sites (tertiary alicyclic amines) is 1. The Labute approximate surface area is 127 Å². The van der Waals surface area contributed by atoms with E-state index in [4.69, 9.17) is 5.73 Å². The summed E-state index contributed by atoms with van der Waals surface area (Å²) >= 11 is 0. The smallest absolute Gasteiger partial charge is 0.227 e. The van der Waals surface area contributed by atoms with Crippen molar-refractivity contribution in [2.75, 3.05) is 19.6 Å². The van der Waals surface area contributed by atoms with Gasteiger partial charge in [-0.25, -0.2) is 0 Å². The molecule has 4 rings (SSSR count). The number of nitrogens with zero attached hydrogens (tertiary/aromatic N) is 1. The number of rotatable bonds is 4. The number of carbonyl (C=O) groups excluding carboxylic acids is 1. The van der Waals surface area contributed by atoms with Crippen LogP contribution in [-0.2, 0) is 4.79 Å². The third-order valence-corrected chi connectivity index (χ3v) is 6.46. The van der Waals surface area contributed by atoms with Crippen molar-refractivity contribution in [1.82, 2.24) is 10.2 Å². The molecular weight excluding hydrogens is 262 g/mol. The van der Waals surface area contributed by atoms with Crippen LogP contribution in [-0.4, -0.2) is 42.5 Å². The summed E-state index contributed by atoms with van der Waals surface area (Å²) in [7, 11) is 0. The maximum atomic E-state index is 12.8. The lowest BCUT2D eigenvalue weighted by molar-refractivity contribution is -0.138. The third kappa shape index (κ3) is 2.72. The molecule has 4 atom stereocenters. The van der Waals surface area contributed by atoms with Gasteiger partial charge < -0.3 is 16.0 Å². The highest BCUT2D eigenvalue weighted by molar-refractivity contribution is 5.80. The van der Waals surface area contributed by atoms with E-state index >= 15 is 0 Å². The van der Waals surface area contributed by atoms with E-state index in [9.17, 15) is 4.79 Å². The molecule has 0 aromatic rings. The van der Waals surface area contributed by atoms with Crippen molar-refractivity contribution in [1.29, 1.82) is 0 Å². The number of hydrogen-bond acceptors (Lipinski definition) is 3. The zero-order chi connectivity index (χ0) is 14.4. The molecule has 21 heavy (non-hydrogen) atoms. The Kier molecular flexibility index (Phi) is 3.70. The number of amides is 1. The van der Waals surface area contributed by atoms with Gasteiger partial charge in [0, 0.05) is 25.2 Å². The first-order chi connectivity index (χ1) is 10.2. The van der Waals surface area contributed by atoms with Gasteiger partial charge in [-0.2, -0.15) is 0 Å². The molecule has 0 aromatic carbocycles. The predicted molar refractivity (Wildman–Crippen MR) is 82.6 cm³/mol. The summed E-state index contributed by atoms with van der Waals surface area (Å²) in [6.07, 6.45) is 8.75.